The number of nitrogens with zero attached hydrogens (tertiary/aromatic N) is 5. The molecule has 5 heteroatoms. The third-order valence-electron chi connectivity index (χ3n) is 26.1. The highest BCUT2D eigenvalue weighted by molar-refractivity contribution is 6.15. The second kappa shape index (κ2) is 23.2. The number of rotatable bonds is 10. The number of benzene rings is 15. The van der Waals surface area contributed by atoms with Crippen LogP contribution < -0.4 is 4.90 Å². The highest BCUT2D eigenvalue weighted by atomic mass is 15.1. The number of hydrogen-bond donors (Lipinski definition) is 0. The van der Waals surface area contributed by atoms with E-state index < -0.39 is 0 Å². The molecule has 522 valence electrons. The van der Waals surface area contributed by atoms with E-state index in [0.717, 1.165) is 34.9 Å². The lowest BCUT2D eigenvalue weighted by Crippen LogP contribution is -2.24. The molecule has 0 spiro atoms. The van der Waals surface area contributed by atoms with Crippen LogP contribution in [0, 0.1) is 5.92 Å². The lowest BCUT2D eigenvalue weighted by atomic mass is 9.74. The molecule has 110 heavy (non-hydrogen) atoms. The van der Waals surface area contributed by atoms with Crippen LogP contribution in [0.3, 0.4) is 0 Å². The van der Waals surface area contributed by atoms with Crippen LogP contribution in [-0.4, -0.2) is 18.3 Å². The maximum absolute atomic E-state index is 2.53. The molecule has 0 N–H and O–H groups in total. The fraction of sp³-hybridized carbons (Fsp3) is 0.105. The van der Waals surface area contributed by atoms with Crippen LogP contribution in [0.2, 0.25) is 0 Å². The molecule has 0 aliphatic heterocycles. The molecular formula is C105H77N5. The second-order valence-corrected chi connectivity index (χ2v) is 32.6. The molecule has 4 heterocycles. The van der Waals surface area contributed by atoms with Gasteiger partial charge in [-0.1, -0.05) is 235 Å². The standard InChI is InChI=1S/C105H77N5/c1-103(2)89-34-18-12-28-75(89)78-49-43-73(62-92(78)103)109-99-52-42-66(57-85(99)86-60-71(46-54-100(86)109)107-95-37-21-15-31-81(95)82-32-16-22-38-96(82)107)67-41-48-80-77-30-14-20-36-91(77)105(5,94(80)58-67)64-65-40-51-98-84(56-65)83-33-17-23-39-97(83)108(98)72-47-55-102-88(61-72)87-59-70(106(68-24-8-6-9-25-68)69-26-10-7-11-27-69)45-53-101(87)110(102)74-44-50-79-76-29-13-19-35-90(76)104(3,4)93(79)63-74/h6-63,76,90H,64H2,1-5H3. The summed E-state index contributed by atoms with van der Waals surface area (Å²) in [6, 6.07) is 124. The summed E-state index contributed by atoms with van der Waals surface area (Å²) < 4.78 is 10.0. The van der Waals surface area contributed by atoms with E-state index in [1.165, 1.54) is 171 Å². The van der Waals surface area contributed by atoms with Gasteiger partial charge in [0.25, 0.3) is 0 Å². The molecule has 0 radical (unpaired) electrons. The predicted molar refractivity (Wildman–Crippen MR) is 461 cm³/mol. The molecule has 0 fully saturated rings. The van der Waals surface area contributed by atoms with Gasteiger partial charge in [-0.05, 0) is 242 Å². The minimum absolute atomic E-state index is 0.0329. The minimum Gasteiger partial charge on any atom is -0.310 e. The van der Waals surface area contributed by atoms with Crippen LogP contribution in [0.15, 0.2) is 352 Å². The van der Waals surface area contributed by atoms with E-state index in [9.17, 15) is 0 Å². The van der Waals surface area contributed by atoms with E-state index in [1.807, 2.05) is 0 Å². The summed E-state index contributed by atoms with van der Waals surface area (Å²) in [7, 11) is 0. The summed E-state index contributed by atoms with van der Waals surface area (Å²) in [4.78, 5) is 2.39. The van der Waals surface area contributed by atoms with Crippen molar-refractivity contribution in [2.45, 2.75) is 63.2 Å². The van der Waals surface area contributed by atoms with E-state index in [2.05, 4.69) is 410 Å². The van der Waals surface area contributed by atoms with Crippen molar-refractivity contribution in [3.05, 3.63) is 391 Å². The Morgan fingerprint density at radius 3 is 1.34 bits per heavy atom. The van der Waals surface area contributed by atoms with Gasteiger partial charge in [-0.3, -0.25) is 0 Å². The summed E-state index contributed by atoms with van der Waals surface area (Å²) in [6.07, 6.45) is 10.1. The van der Waals surface area contributed by atoms with Crippen molar-refractivity contribution in [3.63, 3.8) is 0 Å². The molecular weight excluding hydrogens is 1330 g/mol. The van der Waals surface area contributed by atoms with Crippen molar-refractivity contribution in [1.29, 1.82) is 0 Å². The molecule has 15 aromatic carbocycles. The molecule has 23 rings (SSSR count). The van der Waals surface area contributed by atoms with E-state index in [-0.39, 0.29) is 16.2 Å². The van der Waals surface area contributed by atoms with Crippen LogP contribution in [0.25, 0.3) is 143 Å². The van der Waals surface area contributed by atoms with Crippen molar-refractivity contribution in [2.24, 2.45) is 5.92 Å². The Kier molecular flexibility index (Phi) is 13.2. The topological polar surface area (TPSA) is 23.0 Å². The quantitative estimate of drug-likeness (QED) is 0.134. The first kappa shape index (κ1) is 62.9. The van der Waals surface area contributed by atoms with Gasteiger partial charge in [-0.25, -0.2) is 0 Å². The monoisotopic (exact) mass is 1410 g/mol. The average molecular weight is 1410 g/mol. The summed E-state index contributed by atoms with van der Waals surface area (Å²) >= 11 is 0. The maximum Gasteiger partial charge on any atom is 0.0542 e. The first-order chi connectivity index (χ1) is 53.9. The lowest BCUT2D eigenvalue weighted by Gasteiger charge is -2.29. The summed E-state index contributed by atoms with van der Waals surface area (Å²) in [5.41, 5.74) is 34.3. The van der Waals surface area contributed by atoms with Crippen LogP contribution in [-0.2, 0) is 22.7 Å². The summed E-state index contributed by atoms with van der Waals surface area (Å²) in [5, 5.41) is 9.86. The molecule has 0 saturated heterocycles. The number of allylic oxidation sites excluding steroid dienone is 4. The highest BCUT2D eigenvalue weighted by Crippen LogP contribution is 2.56. The number of aromatic nitrogens is 4. The van der Waals surface area contributed by atoms with Gasteiger partial charge in [-0.2, -0.15) is 0 Å². The number of anilines is 3. The Morgan fingerprint density at radius 1 is 0.282 bits per heavy atom. The molecule has 4 aromatic heterocycles. The van der Waals surface area contributed by atoms with Gasteiger partial charge >= 0.3 is 0 Å². The fourth-order valence-electron chi connectivity index (χ4n) is 20.9. The zero-order valence-electron chi connectivity index (χ0n) is 62.1. The molecule has 3 atom stereocenters. The Balaban J connectivity index is 0.652. The first-order valence-corrected chi connectivity index (χ1v) is 39.0. The summed E-state index contributed by atoms with van der Waals surface area (Å²) in [5.74, 6) is 0.791. The van der Waals surface area contributed by atoms with Gasteiger partial charge in [0.05, 0.1) is 44.1 Å². The van der Waals surface area contributed by atoms with Gasteiger partial charge in [-0.15, -0.1) is 0 Å². The van der Waals surface area contributed by atoms with E-state index in [1.54, 1.807) is 0 Å². The molecule has 3 unspecified atom stereocenters. The van der Waals surface area contributed by atoms with E-state index in [0.29, 0.717) is 11.8 Å². The van der Waals surface area contributed by atoms with Gasteiger partial charge in [0.15, 0.2) is 0 Å². The highest BCUT2D eigenvalue weighted by Gasteiger charge is 2.45. The van der Waals surface area contributed by atoms with Crippen molar-refractivity contribution in [2.75, 3.05) is 4.90 Å². The van der Waals surface area contributed by atoms with Crippen LogP contribution in [0.5, 0.6) is 0 Å². The first-order valence-electron chi connectivity index (χ1n) is 39.0. The second-order valence-electron chi connectivity index (χ2n) is 32.6. The van der Waals surface area contributed by atoms with Crippen molar-refractivity contribution >= 4 is 104 Å². The van der Waals surface area contributed by atoms with Crippen LogP contribution >= 0.6 is 0 Å². The Labute approximate surface area is 639 Å². The van der Waals surface area contributed by atoms with Gasteiger partial charge in [0.1, 0.15) is 0 Å². The maximum atomic E-state index is 2.53. The molecule has 0 bridgehead atoms. The number of hydrogen-bond acceptors (Lipinski definition) is 1. The normalized spacial score (nSPS) is 16.9. The third-order valence-corrected chi connectivity index (χ3v) is 26.1. The largest absolute Gasteiger partial charge is 0.310 e. The Bertz CT molecular complexity index is 7130. The SMILES string of the molecule is CC1(C)c2ccccc2-c2ccc(-n3c4ccc(-c5ccc6c(c5)C(C)(Cc5ccc7c(c5)c5ccccc5n7-c5ccc7c(c5)c5cc(N(c8ccccc8)c8ccccc8)ccc5n7-c5ccc7c(c5)C(C)(C)C5C=CC=CC75)c5ccccc5-6)cc4c4cc(-n5c6ccccc6c6ccccc65)ccc43)cc21. The van der Waals surface area contributed by atoms with Crippen molar-refractivity contribution in [1.82, 2.24) is 18.3 Å². The zero-order valence-corrected chi connectivity index (χ0v) is 62.1. The molecule has 0 saturated carbocycles. The lowest BCUT2D eigenvalue weighted by molar-refractivity contribution is 0.394. The number of fused-ring (bicyclic) bond motifs is 21. The van der Waals surface area contributed by atoms with Gasteiger partial charge in [0.2, 0.25) is 0 Å². The zero-order chi connectivity index (χ0) is 73.0. The smallest absolute Gasteiger partial charge is 0.0542 e. The average Bonchev–Trinajstić information content (AvgIpc) is 1.55. The van der Waals surface area contributed by atoms with Crippen molar-refractivity contribution in [3.8, 4) is 56.1 Å². The van der Waals surface area contributed by atoms with E-state index >= 15 is 0 Å². The molecule has 4 aliphatic rings. The van der Waals surface area contributed by atoms with Crippen LogP contribution in [0.1, 0.15) is 79.5 Å². The molecule has 4 aliphatic carbocycles. The Morgan fingerprint density at radius 2 is 0.700 bits per heavy atom. The fourth-order valence-corrected chi connectivity index (χ4v) is 20.9. The van der Waals surface area contributed by atoms with E-state index in [4.69, 9.17) is 0 Å². The Hall–Kier alpha value is -13.2. The van der Waals surface area contributed by atoms with Crippen LogP contribution in [0.4, 0.5) is 17.1 Å². The minimum atomic E-state index is -0.345. The van der Waals surface area contributed by atoms with Gasteiger partial charge < -0.3 is 23.2 Å². The summed E-state index contributed by atoms with van der Waals surface area (Å²) in [6.45, 7) is 12.1. The third kappa shape index (κ3) is 8.91. The van der Waals surface area contributed by atoms with Gasteiger partial charge in [0, 0.05) is 99.6 Å². The molecule has 5 nitrogen and oxygen atoms in total. The van der Waals surface area contributed by atoms with Crippen molar-refractivity contribution < 1.29 is 0 Å². The molecule has 19 aromatic rings. The number of para-hydroxylation sites is 5. The predicted octanol–water partition coefficient (Wildman–Crippen LogP) is 27.2. The molecule has 0 amide bonds.